The van der Waals surface area contributed by atoms with Gasteiger partial charge in [0.1, 0.15) is 17.4 Å². The number of amides is 2. The highest BCUT2D eigenvalue weighted by Crippen LogP contribution is 2.33. The zero-order valence-electron chi connectivity index (χ0n) is 14.0. The highest BCUT2D eigenvalue weighted by Gasteiger charge is 2.49. The van der Waals surface area contributed by atoms with Crippen molar-refractivity contribution in [2.75, 3.05) is 20.3 Å². The molecule has 0 spiro atoms. The van der Waals surface area contributed by atoms with Crippen LogP contribution in [-0.4, -0.2) is 42.5 Å². The number of ether oxygens (including phenoxy) is 1. The second-order valence-corrected chi connectivity index (χ2v) is 6.22. The molecule has 2 heterocycles. The summed E-state index contributed by atoms with van der Waals surface area (Å²) < 4.78 is 10.7. The Morgan fingerprint density at radius 3 is 2.88 bits per heavy atom. The summed E-state index contributed by atoms with van der Waals surface area (Å²) in [4.78, 5) is 26.7. The van der Waals surface area contributed by atoms with E-state index >= 15 is 0 Å². The Balaban J connectivity index is 2.03. The number of primary amides is 1. The number of furan rings is 1. The van der Waals surface area contributed by atoms with Crippen molar-refractivity contribution < 1.29 is 18.7 Å². The van der Waals surface area contributed by atoms with Crippen LogP contribution in [0.4, 0.5) is 0 Å². The summed E-state index contributed by atoms with van der Waals surface area (Å²) >= 11 is 0. The van der Waals surface area contributed by atoms with Gasteiger partial charge in [0.15, 0.2) is 0 Å². The summed E-state index contributed by atoms with van der Waals surface area (Å²) in [5.74, 6) is -0.771. The Kier molecular flexibility index (Phi) is 4.32. The first-order valence-corrected chi connectivity index (χ1v) is 8.14. The molecule has 2 aromatic rings. The number of carbonyl (C=O) groups excluding carboxylic acids is 2. The minimum atomic E-state index is -1.09. The van der Waals surface area contributed by atoms with Crippen LogP contribution in [0.15, 0.2) is 28.9 Å². The summed E-state index contributed by atoms with van der Waals surface area (Å²) in [6, 6.07) is 5.81. The molecule has 1 aliphatic heterocycles. The summed E-state index contributed by atoms with van der Waals surface area (Å²) in [5.41, 5.74) is 6.78. The maximum absolute atomic E-state index is 13.1. The molecule has 2 N–H and O–H groups in total. The van der Waals surface area contributed by atoms with Crippen LogP contribution < -0.4 is 5.73 Å². The molecule has 1 fully saturated rings. The Hall–Kier alpha value is -2.34. The van der Waals surface area contributed by atoms with Crippen molar-refractivity contribution in [2.45, 2.75) is 31.7 Å². The van der Waals surface area contributed by atoms with Gasteiger partial charge in [0.25, 0.3) is 5.91 Å². The summed E-state index contributed by atoms with van der Waals surface area (Å²) in [6.45, 7) is 2.63. The van der Waals surface area contributed by atoms with E-state index in [1.807, 2.05) is 18.2 Å². The van der Waals surface area contributed by atoms with E-state index in [4.69, 9.17) is 14.9 Å². The molecule has 1 aliphatic rings. The first-order valence-electron chi connectivity index (χ1n) is 8.14. The lowest BCUT2D eigenvalue weighted by Gasteiger charge is -2.34. The summed E-state index contributed by atoms with van der Waals surface area (Å²) in [7, 11) is 1.51. The normalized spacial score (nSPS) is 20.7. The van der Waals surface area contributed by atoms with Crippen molar-refractivity contribution in [1.29, 1.82) is 0 Å². The van der Waals surface area contributed by atoms with Crippen LogP contribution in [0.1, 0.15) is 35.7 Å². The van der Waals surface area contributed by atoms with Crippen LogP contribution in [0.3, 0.4) is 0 Å². The van der Waals surface area contributed by atoms with E-state index in [2.05, 4.69) is 6.92 Å². The minimum absolute atomic E-state index is 0.101. The molecule has 1 unspecified atom stereocenters. The van der Waals surface area contributed by atoms with Crippen molar-refractivity contribution in [3.8, 4) is 0 Å². The molecule has 128 valence electrons. The molecule has 3 rings (SSSR count). The number of fused-ring (bicyclic) bond motifs is 1. The number of rotatable bonds is 5. The van der Waals surface area contributed by atoms with E-state index in [1.54, 1.807) is 4.90 Å². The highest BCUT2D eigenvalue weighted by atomic mass is 16.5. The SMILES string of the molecule is CCc1ccc2occ(C(=O)N3CCCC3(COC)C(N)=O)c2c1. The second-order valence-electron chi connectivity index (χ2n) is 6.22. The maximum atomic E-state index is 13.1. The number of likely N-dealkylation sites (tertiary alicyclic amines) is 1. The van der Waals surface area contributed by atoms with Gasteiger partial charge >= 0.3 is 0 Å². The average Bonchev–Trinajstić information content (AvgIpc) is 3.18. The zero-order valence-corrected chi connectivity index (χ0v) is 14.0. The van der Waals surface area contributed by atoms with Gasteiger partial charge in [0.2, 0.25) is 5.91 Å². The summed E-state index contributed by atoms with van der Waals surface area (Å²) in [6.07, 6.45) is 3.56. The molecular formula is C18H22N2O4. The lowest BCUT2D eigenvalue weighted by Crippen LogP contribution is -2.58. The van der Waals surface area contributed by atoms with E-state index in [-0.39, 0.29) is 12.5 Å². The molecule has 2 amide bonds. The van der Waals surface area contributed by atoms with Crippen LogP contribution in [0.5, 0.6) is 0 Å². The number of benzene rings is 1. The standard InChI is InChI=1S/C18H22N2O4/c1-3-12-5-6-15-13(9-12)14(10-24-15)16(21)20-8-4-7-18(20,11-23-2)17(19)22/h5-6,9-10H,3-4,7-8,11H2,1-2H3,(H2,19,22). The molecule has 1 saturated heterocycles. The molecule has 1 aromatic carbocycles. The molecule has 0 bridgehead atoms. The number of aryl methyl sites for hydroxylation is 1. The van der Waals surface area contributed by atoms with Gasteiger partial charge in [-0.05, 0) is 37.0 Å². The number of carbonyl (C=O) groups is 2. The predicted molar refractivity (Wildman–Crippen MR) is 89.7 cm³/mol. The van der Waals surface area contributed by atoms with Gasteiger partial charge < -0.3 is 19.8 Å². The van der Waals surface area contributed by atoms with Gasteiger partial charge in [0, 0.05) is 19.0 Å². The fraction of sp³-hybridized carbons (Fsp3) is 0.444. The number of nitrogens with zero attached hydrogens (tertiary/aromatic N) is 1. The zero-order chi connectivity index (χ0) is 17.3. The van der Waals surface area contributed by atoms with Gasteiger partial charge in [-0.25, -0.2) is 0 Å². The fourth-order valence-electron chi connectivity index (χ4n) is 3.50. The Morgan fingerprint density at radius 1 is 1.42 bits per heavy atom. The Labute approximate surface area is 140 Å². The smallest absolute Gasteiger partial charge is 0.258 e. The monoisotopic (exact) mass is 330 g/mol. The molecule has 0 radical (unpaired) electrons. The first kappa shape index (κ1) is 16.5. The van der Waals surface area contributed by atoms with Crippen LogP contribution in [0.2, 0.25) is 0 Å². The van der Waals surface area contributed by atoms with Gasteiger partial charge in [-0.3, -0.25) is 9.59 Å². The molecule has 24 heavy (non-hydrogen) atoms. The van der Waals surface area contributed by atoms with Crippen molar-refractivity contribution in [3.05, 3.63) is 35.6 Å². The van der Waals surface area contributed by atoms with Crippen LogP contribution in [0, 0.1) is 0 Å². The van der Waals surface area contributed by atoms with Crippen molar-refractivity contribution in [2.24, 2.45) is 5.73 Å². The Bertz CT molecular complexity index is 782. The lowest BCUT2D eigenvalue weighted by molar-refractivity contribution is -0.130. The highest BCUT2D eigenvalue weighted by molar-refractivity contribution is 6.08. The van der Waals surface area contributed by atoms with Crippen molar-refractivity contribution in [3.63, 3.8) is 0 Å². The average molecular weight is 330 g/mol. The molecule has 6 heteroatoms. The Morgan fingerprint density at radius 2 is 2.21 bits per heavy atom. The number of methoxy groups -OCH3 is 1. The molecule has 6 nitrogen and oxygen atoms in total. The predicted octanol–water partition coefficient (Wildman–Crippen LogP) is 2.10. The minimum Gasteiger partial charge on any atom is -0.463 e. The number of hydrogen-bond donors (Lipinski definition) is 1. The van der Waals surface area contributed by atoms with E-state index in [0.29, 0.717) is 30.5 Å². The van der Waals surface area contributed by atoms with Gasteiger partial charge in [-0.15, -0.1) is 0 Å². The van der Waals surface area contributed by atoms with Crippen LogP contribution >= 0.6 is 0 Å². The fourth-order valence-corrected chi connectivity index (χ4v) is 3.50. The van der Waals surface area contributed by atoms with Gasteiger partial charge in [0.05, 0.1) is 12.2 Å². The lowest BCUT2D eigenvalue weighted by atomic mass is 9.95. The van der Waals surface area contributed by atoms with Gasteiger partial charge in [-0.2, -0.15) is 0 Å². The largest absolute Gasteiger partial charge is 0.463 e. The number of nitrogens with two attached hydrogens (primary N) is 1. The van der Waals surface area contributed by atoms with Crippen LogP contribution in [-0.2, 0) is 16.0 Å². The second kappa shape index (κ2) is 6.28. The molecular weight excluding hydrogens is 308 g/mol. The third-order valence-electron chi connectivity index (χ3n) is 4.85. The molecule has 1 aromatic heterocycles. The topological polar surface area (TPSA) is 85.8 Å². The molecule has 0 saturated carbocycles. The van der Waals surface area contributed by atoms with Gasteiger partial charge in [-0.1, -0.05) is 13.0 Å². The van der Waals surface area contributed by atoms with E-state index < -0.39 is 11.4 Å². The van der Waals surface area contributed by atoms with E-state index in [1.165, 1.54) is 13.4 Å². The maximum Gasteiger partial charge on any atom is 0.258 e. The first-order chi connectivity index (χ1) is 11.5. The van der Waals surface area contributed by atoms with Crippen molar-refractivity contribution >= 4 is 22.8 Å². The third-order valence-corrected chi connectivity index (χ3v) is 4.85. The van der Waals surface area contributed by atoms with Crippen molar-refractivity contribution in [1.82, 2.24) is 4.90 Å². The van der Waals surface area contributed by atoms with E-state index in [0.717, 1.165) is 17.4 Å². The van der Waals surface area contributed by atoms with Crippen LogP contribution in [0.25, 0.3) is 11.0 Å². The number of hydrogen-bond acceptors (Lipinski definition) is 4. The quantitative estimate of drug-likeness (QED) is 0.909. The molecule has 1 atom stereocenters. The molecule has 0 aliphatic carbocycles. The third kappa shape index (κ3) is 2.47. The van der Waals surface area contributed by atoms with E-state index in [9.17, 15) is 9.59 Å². The summed E-state index contributed by atoms with van der Waals surface area (Å²) in [5, 5.41) is 0.766.